The lowest BCUT2D eigenvalue weighted by molar-refractivity contribution is -0.157. The number of cyclic esters (lactones) is 1. The molecule has 1 saturated heterocycles. The minimum atomic E-state index is -0.122. The highest BCUT2D eigenvalue weighted by atomic mass is 16.6. The number of nitrogens with zero attached hydrogens (tertiary/aromatic N) is 1. The predicted molar refractivity (Wildman–Crippen MR) is 241 cm³/mol. The van der Waals surface area contributed by atoms with Gasteiger partial charge in [0.2, 0.25) is 0 Å². The van der Waals surface area contributed by atoms with Crippen LogP contribution in [0.1, 0.15) is 233 Å². The maximum absolute atomic E-state index is 13.0. The Kier molecular flexibility index (Phi) is 54.8. The first-order valence-corrected chi connectivity index (χ1v) is 23.0. The summed E-state index contributed by atoms with van der Waals surface area (Å²) < 4.78 is 12.4. The summed E-state index contributed by atoms with van der Waals surface area (Å²) in [7, 11) is 7.50. The van der Waals surface area contributed by atoms with E-state index in [-0.39, 0.29) is 24.8 Å². The van der Waals surface area contributed by atoms with Crippen LogP contribution in [0.3, 0.4) is 0 Å². The third-order valence-electron chi connectivity index (χ3n) is 10.3. The molecule has 1 rings (SSSR count). The smallest absolute Gasteiger partial charge is 0.332 e. The normalized spacial score (nSPS) is 19.3. The summed E-state index contributed by atoms with van der Waals surface area (Å²) in [5.74, 6) is -0.122. The Morgan fingerprint density at radius 3 is 1.30 bits per heavy atom. The van der Waals surface area contributed by atoms with Gasteiger partial charge in [0.05, 0.1) is 6.10 Å². The fraction of sp³-hybridized carbons (Fsp3) is 0.917. The first-order chi connectivity index (χ1) is 26.2. The van der Waals surface area contributed by atoms with Crippen molar-refractivity contribution in [1.29, 1.82) is 0 Å². The third-order valence-corrected chi connectivity index (χ3v) is 10.3. The maximum atomic E-state index is 13.0. The van der Waals surface area contributed by atoms with Crippen LogP contribution in [-0.4, -0.2) is 64.7 Å². The molecule has 2 N–H and O–H groups in total. The summed E-state index contributed by atoms with van der Waals surface area (Å²) in [6.45, 7) is 17.7. The van der Waals surface area contributed by atoms with Crippen LogP contribution >= 0.6 is 0 Å². The van der Waals surface area contributed by atoms with Crippen LogP contribution in [0.2, 0.25) is 0 Å². The average Bonchev–Trinajstić information content (AvgIpc) is 3.16. The summed E-state index contributed by atoms with van der Waals surface area (Å²) >= 11 is 0. The highest BCUT2D eigenvalue weighted by Crippen LogP contribution is 2.31. The summed E-state index contributed by atoms with van der Waals surface area (Å²) in [4.78, 5) is 23.0. The minimum Gasteiger partial charge on any atom is -0.461 e. The van der Waals surface area contributed by atoms with Crippen molar-refractivity contribution in [2.45, 2.75) is 245 Å². The Bertz CT molecular complexity index is 697. The van der Waals surface area contributed by atoms with Crippen LogP contribution in [0.5, 0.6) is 0 Å². The van der Waals surface area contributed by atoms with Crippen LogP contribution in [0, 0.1) is 5.41 Å². The Balaban J connectivity index is -0.00000113. The zero-order valence-electron chi connectivity index (χ0n) is 38.3. The third kappa shape index (κ3) is 50.8. The predicted octanol–water partition coefficient (Wildman–Crippen LogP) is 14.2. The standard InChI is InChI=1S/C41H80O3.C3H9N.C2H4.CH5N.CH2O/c1-5-7-9-11-13-15-21-27-33-39-34-28-22-18-24-30-36-41(3,4)35-29-23-17-16-20-26-32-38(43-37-40(42)44-39)31-25-19-14-12-10-8-6-2;1-4(2)3;3*1-2/h38-39H,5-37H2,1-4H3;1-3H3;1-2H2;2H2,1H3;1H2. The lowest BCUT2D eigenvalue weighted by Crippen LogP contribution is -2.25. The van der Waals surface area contributed by atoms with Gasteiger partial charge in [0.1, 0.15) is 19.5 Å². The molecule has 0 aromatic carbocycles. The van der Waals surface area contributed by atoms with E-state index in [1.54, 1.807) is 0 Å². The average molecular weight is 769 g/mol. The summed E-state index contributed by atoms with van der Waals surface area (Å²) in [6.07, 6.45) is 41.6. The highest BCUT2D eigenvalue weighted by molar-refractivity contribution is 5.70. The van der Waals surface area contributed by atoms with Gasteiger partial charge >= 0.3 is 5.97 Å². The van der Waals surface area contributed by atoms with Crippen LogP contribution in [0.25, 0.3) is 0 Å². The van der Waals surface area contributed by atoms with E-state index in [1.807, 2.05) is 32.8 Å². The molecule has 1 fully saturated rings. The molecule has 0 aromatic heterocycles. The van der Waals surface area contributed by atoms with Crippen LogP contribution in [-0.2, 0) is 19.1 Å². The van der Waals surface area contributed by atoms with E-state index in [0.717, 1.165) is 25.7 Å². The van der Waals surface area contributed by atoms with E-state index in [9.17, 15) is 4.79 Å². The second-order valence-corrected chi connectivity index (χ2v) is 16.7. The zero-order valence-corrected chi connectivity index (χ0v) is 38.3. The van der Waals surface area contributed by atoms with Crippen molar-refractivity contribution < 1.29 is 19.1 Å². The number of ether oxygens (including phenoxy) is 2. The largest absolute Gasteiger partial charge is 0.461 e. The second kappa shape index (κ2) is 49.8. The van der Waals surface area contributed by atoms with Crippen LogP contribution < -0.4 is 5.73 Å². The Hall–Kier alpha value is -1.24. The van der Waals surface area contributed by atoms with E-state index in [1.165, 1.54) is 187 Å². The molecule has 1 aliphatic heterocycles. The van der Waals surface area contributed by atoms with E-state index in [4.69, 9.17) is 14.3 Å². The van der Waals surface area contributed by atoms with Gasteiger partial charge in [-0.25, -0.2) is 4.79 Å². The van der Waals surface area contributed by atoms with E-state index < -0.39 is 0 Å². The number of hydrogen-bond donors (Lipinski definition) is 1. The van der Waals surface area contributed by atoms with Gasteiger partial charge < -0.3 is 24.9 Å². The van der Waals surface area contributed by atoms with Crippen molar-refractivity contribution in [2.24, 2.45) is 11.1 Å². The van der Waals surface area contributed by atoms with Crippen molar-refractivity contribution in [3.8, 4) is 0 Å². The molecule has 2 atom stereocenters. The number of carbonyl (C=O) groups is 2. The first kappa shape index (κ1) is 59.5. The molecule has 6 heteroatoms. The van der Waals surface area contributed by atoms with Gasteiger partial charge in [0, 0.05) is 0 Å². The van der Waals surface area contributed by atoms with Crippen molar-refractivity contribution >= 4 is 12.8 Å². The van der Waals surface area contributed by atoms with E-state index in [2.05, 4.69) is 46.6 Å². The molecule has 6 nitrogen and oxygen atoms in total. The molecule has 1 heterocycles. The monoisotopic (exact) mass is 769 g/mol. The number of esters is 1. The molecular formula is C48H100N2O4. The summed E-state index contributed by atoms with van der Waals surface area (Å²) in [6, 6.07) is 0. The number of unbranched alkanes of at least 4 members (excludes halogenated alkanes) is 13. The quantitative estimate of drug-likeness (QED) is 0.0901. The van der Waals surface area contributed by atoms with Gasteiger partial charge in [0.15, 0.2) is 0 Å². The fourth-order valence-electron chi connectivity index (χ4n) is 7.13. The molecule has 1 aliphatic rings. The van der Waals surface area contributed by atoms with Gasteiger partial charge in [-0.05, 0) is 85.0 Å². The van der Waals surface area contributed by atoms with Crippen molar-refractivity contribution in [3.05, 3.63) is 13.2 Å². The number of rotatable bonds is 17. The first-order valence-electron chi connectivity index (χ1n) is 23.0. The molecular weight excluding hydrogens is 669 g/mol. The Morgan fingerprint density at radius 1 is 0.574 bits per heavy atom. The Labute approximate surface area is 340 Å². The molecule has 2 unspecified atom stereocenters. The number of hydrogen-bond acceptors (Lipinski definition) is 6. The molecule has 0 saturated carbocycles. The summed E-state index contributed by atoms with van der Waals surface area (Å²) in [5, 5.41) is 0. The topological polar surface area (TPSA) is 81.9 Å². The van der Waals surface area contributed by atoms with Crippen molar-refractivity contribution in [2.75, 3.05) is 34.8 Å². The molecule has 0 amide bonds. The summed E-state index contributed by atoms with van der Waals surface area (Å²) in [5.41, 5.74) is 4.99. The van der Waals surface area contributed by atoms with E-state index >= 15 is 0 Å². The van der Waals surface area contributed by atoms with Gasteiger partial charge in [-0.2, -0.15) is 0 Å². The molecule has 0 radical (unpaired) electrons. The Morgan fingerprint density at radius 2 is 0.889 bits per heavy atom. The highest BCUT2D eigenvalue weighted by Gasteiger charge is 2.19. The molecule has 0 aliphatic carbocycles. The lowest BCUT2D eigenvalue weighted by atomic mass is 9.81. The van der Waals surface area contributed by atoms with Gasteiger partial charge in [-0.1, -0.05) is 182 Å². The molecule has 0 aromatic rings. The lowest BCUT2D eigenvalue weighted by Gasteiger charge is -2.24. The second-order valence-electron chi connectivity index (χ2n) is 16.7. The van der Waals surface area contributed by atoms with Crippen molar-refractivity contribution in [1.82, 2.24) is 4.90 Å². The molecule has 0 bridgehead atoms. The van der Waals surface area contributed by atoms with Crippen molar-refractivity contribution in [3.63, 3.8) is 0 Å². The van der Waals surface area contributed by atoms with Gasteiger partial charge in [-0.15, -0.1) is 13.2 Å². The zero-order chi connectivity index (χ0) is 41.6. The minimum absolute atomic E-state index is 0.0737. The van der Waals surface area contributed by atoms with Crippen LogP contribution in [0.15, 0.2) is 13.2 Å². The van der Waals surface area contributed by atoms with Gasteiger partial charge in [-0.3, -0.25) is 0 Å². The molecule has 0 spiro atoms. The van der Waals surface area contributed by atoms with E-state index in [0.29, 0.717) is 5.41 Å². The van der Waals surface area contributed by atoms with Gasteiger partial charge in [0.25, 0.3) is 0 Å². The molecule has 54 heavy (non-hydrogen) atoms. The number of carbonyl (C=O) groups excluding carboxylic acids is 2. The maximum Gasteiger partial charge on any atom is 0.332 e. The van der Waals surface area contributed by atoms with Crippen LogP contribution in [0.4, 0.5) is 0 Å². The fourth-order valence-corrected chi connectivity index (χ4v) is 7.13. The SMILES string of the molecule is C=C.C=O.CCCCCCCCCCC1CCCCCCCC(C)(C)CCCCCCCCC(CCCCCCCCC)OCC(=O)O1.CN.CN(C)C. The molecule has 326 valence electrons. The number of nitrogens with two attached hydrogens (primary N) is 1.